The number of nitrogens with one attached hydrogen (secondary N) is 1. The lowest BCUT2D eigenvalue weighted by molar-refractivity contribution is -0.176. The normalized spacial score (nSPS) is 34.9. The van der Waals surface area contributed by atoms with Gasteiger partial charge in [-0.15, -0.1) is 0 Å². The van der Waals surface area contributed by atoms with Gasteiger partial charge in [-0.05, 0) is 12.3 Å². The summed E-state index contributed by atoms with van der Waals surface area (Å²) in [5.41, 5.74) is -0.922. The second-order valence-electron chi connectivity index (χ2n) is 6.06. The molecule has 0 aromatic carbocycles. The summed E-state index contributed by atoms with van der Waals surface area (Å²) in [5, 5.41) is 2.14. The van der Waals surface area contributed by atoms with E-state index in [-0.39, 0.29) is 5.92 Å². The molecule has 0 saturated carbocycles. The SMILES string of the molecule is CC(C)CC1(C)C2C(=O)NC(=O)C1C(=O)N(C)C2=O. The van der Waals surface area contributed by atoms with Gasteiger partial charge in [0.15, 0.2) is 0 Å². The van der Waals surface area contributed by atoms with Crippen molar-refractivity contribution in [2.75, 3.05) is 7.05 Å². The summed E-state index contributed by atoms with van der Waals surface area (Å²) < 4.78 is 0. The van der Waals surface area contributed by atoms with Crippen molar-refractivity contribution in [1.82, 2.24) is 10.2 Å². The van der Waals surface area contributed by atoms with E-state index in [9.17, 15) is 19.2 Å². The van der Waals surface area contributed by atoms with Gasteiger partial charge in [-0.1, -0.05) is 20.8 Å². The van der Waals surface area contributed by atoms with E-state index in [0.717, 1.165) is 4.90 Å². The molecular formula is C13H18N2O4. The molecule has 2 heterocycles. The van der Waals surface area contributed by atoms with Gasteiger partial charge in [-0.3, -0.25) is 29.4 Å². The summed E-state index contributed by atoms with van der Waals surface area (Å²) in [6.45, 7) is 5.58. The van der Waals surface area contributed by atoms with Crippen LogP contribution >= 0.6 is 0 Å². The fraction of sp³-hybridized carbons (Fsp3) is 0.692. The standard InChI is InChI=1S/C13H18N2O4/c1-6(2)5-13(3)7-9(16)14-10(17)8(13)12(19)15(4)11(7)18/h6-8H,5H2,1-4H3,(H,14,16,17). The van der Waals surface area contributed by atoms with Crippen LogP contribution in [0.1, 0.15) is 27.2 Å². The van der Waals surface area contributed by atoms with Crippen LogP contribution in [0.5, 0.6) is 0 Å². The minimum absolute atomic E-state index is 0.178. The summed E-state index contributed by atoms with van der Waals surface area (Å²) in [6.07, 6.45) is 0.479. The number of carbonyl (C=O) groups is 4. The Bertz CT molecular complexity index is 449. The van der Waals surface area contributed by atoms with Crippen LogP contribution in [0.15, 0.2) is 0 Å². The Morgan fingerprint density at radius 2 is 1.53 bits per heavy atom. The number of hydrogen-bond donors (Lipinski definition) is 1. The average molecular weight is 266 g/mol. The molecule has 0 aromatic heterocycles. The lowest BCUT2D eigenvalue weighted by Gasteiger charge is -2.50. The fourth-order valence-electron chi connectivity index (χ4n) is 3.43. The summed E-state index contributed by atoms with van der Waals surface area (Å²) in [5.74, 6) is -3.95. The average Bonchev–Trinajstić information content (AvgIpc) is 2.23. The second-order valence-corrected chi connectivity index (χ2v) is 6.06. The van der Waals surface area contributed by atoms with Gasteiger partial charge in [0.05, 0.1) is 0 Å². The zero-order chi connectivity index (χ0) is 14.5. The fourth-order valence-corrected chi connectivity index (χ4v) is 3.43. The van der Waals surface area contributed by atoms with Crippen LogP contribution in [-0.4, -0.2) is 35.6 Å². The van der Waals surface area contributed by atoms with E-state index >= 15 is 0 Å². The van der Waals surface area contributed by atoms with Crippen molar-refractivity contribution in [1.29, 1.82) is 0 Å². The Hall–Kier alpha value is -1.72. The van der Waals surface area contributed by atoms with E-state index in [2.05, 4.69) is 5.32 Å². The summed E-state index contributed by atoms with van der Waals surface area (Å²) in [7, 11) is 1.32. The lowest BCUT2D eigenvalue weighted by Crippen LogP contribution is -2.69. The molecular weight excluding hydrogens is 248 g/mol. The molecule has 6 heteroatoms. The van der Waals surface area contributed by atoms with E-state index in [1.165, 1.54) is 7.05 Å². The second kappa shape index (κ2) is 4.15. The van der Waals surface area contributed by atoms with Crippen molar-refractivity contribution in [3.63, 3.8) is 0 Å². The summed E-state index contributed by atoms with van der Waals surface area (Å²) >= 11 is 0. The van der Waals surface area contributed by atoms with Crippen LogP contribution in [0.3, 0.4) is 0 Å². The first-order valence-electron chi connectivity index (χ1n) is 6.36. The molecule has 104 valence electrons. The van der Waals surface area contributed by atoms with Crippen LogP contribution < -0.4 is 5.32 Å². The van der Waals surface area contributed by atoms with E-state index in [1.54, 1.807) is 6.92 Å². The Morgan fingerprint density at radius 3 is 1.89 bits per heavy atom. The van der Waals surface area contributed by atoms with Crippen molar-refractivity contribution in [3.05, 3.63) is 0 Å². The highest BCUT2D eigenvalue weighted by atomic mass is 16.2. The maximum Gasteiger partial charge on any atom is 0.242 e. The minimum atomic E-state index is -0.958. The quantitative estimate of drug-likeness (QED) is 0.560. The topological polar surface area (TPSA) is 83.6 Å². The highest BCUT2D eigenvalue weighted by Gasteiger charge is 2.63. The van der Waals surface area contributed by atoms with Gasteiger partial charge in [-0.25, -0.2) is 0 Å². The zero-order valence-electron chi connectivity index (χ0n) is 11.5. The molecule has 6 nitrogen and oxygen atoms in total. The number of carbonyl (C=O) groups excluding carboxylic acids is 4. The van der Waals surface area contributed by atoms with Crippen molar-refractivity contribution < 1.29 is 19.2 Å². The van der Waals surface area contributed by atoms with Gasteiger partial charge in [-0.2, -0.15) is 0 Å². The van der Waals surface area contributed by atoms with Crippen molar-refractivity contribution in [3.8, 4) is 0 Å². The number of imide groups is 2. The van der Waals surface area contributed by atoms with Gasteiger partial charge in [0.2, 0.25) is 23.6 Å². The molecule has 2 atom stereocenters. The van der Waals surface area contributed by atoms with E-state index < -0.39 is 40.9 Å². The van der Waals surface area contributed by atoms with Crippen molar-refractivity contribution in [2.24, 2.45) is 23.2 Å². The molecule has 2 bridgehead atoms. The molecule has 0 aromatic rings. The highest BCUT2D eigenvalue weighted by Crippen LogP contribution is 2.48. The predicted molar refractivity (Wildman–Crippen MR) is 65.5 cm³/mol. The van der Waals surface area contributed by atoms with E-state index in [4.69, 9.17) is 0 Å². The minimum Gasteiger partial charge on any atom is -0.295 e. The molecule has 0 aliphatic carbocycles. The number of nitrogens with zero attached hydrogens (tertiary/aromatic N) is 1. The third-order valence-electron chi connectivity index (χ3n) is 4.09. The van der Waals surface area contributed by atoms with Crippen LogP contribution in [0.25, 0.3) is 0 Å². The first kappa shape index (κ1) is 13.7. The molecule has 19 heavy (non-hydrogen) atoms. The number of piperidine rings is 2. The van der Waals surface area contributed by atoms with Crippen LogP contribution in [0.4, 0.5) is 0 Å². The molecule has 2 aliphatic heterocycles. The van der Waals surface area contributed by atoms with E-state index in [0.29, 0.717) is 6.42 Å². The third-order valence-corrected chi connectivity index (χ3v) is 4.09. The van der Waals surface area contributed by atoms with Crippen LogP contribution in [-0.2, 0) is 19.2 Å². The van der Waals surface area contributed by atoms with Crippen LogP contribution in [0.2, 0.25) is 0 Å². The Labute approximate surface area is 111 Å². The number of hydrogen-bond acceptors (Lipinski definition) is 4. The highest BCUT2D eigenvalue weighted by molar-refractivity contribution is 6.22. The number of fused-ring (bicyclic) bond motifs is 2. The number of rotatable bonds is 2. The zero-order valence-corrected chi connectivity index (χ0v) is 11.5. The molecule has 4 amide bonds. The summed E-state index contributed by atoms with van der Waals surface area (Å²) in [4.78, 5) is 49.3. The molecule has 2 fully saturated rings. The van der Waals surface area contributed by atoms with Gasteiger partial charge in [0.1, 0.15) is 11.8 Å². The Balaban J connectivity index is 2.57. The van der Waals surface area contributed by atoms with Gasteiger partial charge < -0.3 is 0 Å². The summed E-state index contributed by atoms with van der Waals surface area (Å²) in [6, 6.07) is 0. The first-order valence-corrected chi connectivity index (χ1v) is 6.36. The smallest absolute Gasteiger partial charge is 0.242 e. The maximum atomic E-state index is 12.2. The van der Waals surface area contributed by atoms with E-state index in [1.807, 2.05) is 13.8 Å². The molecule has 2 unspecified atom stereocenters. The lowest BCUT2D eigenvalue weighted by atomic mass is 9.58. The predicted octanol–water partition coefficient (Wildman–Crippen LogP) is -0.0738. The van der Waals surface area contributed by atoms with Gasteiger partial charge in [0, 0.05) is 12.5 Å². The monoisotopic (exact) mass is 266 g/mol. The maximum absolute atomic E-state index is 12.2. The first-order chi connectivity index (χ1) is 8.70. The Morgan fingerprint density at radius 1 is 1.11 bits per heavy atom. The number of amides is 4. The largest absolute Gasteiger partial charge is 0.295 e. The number of likely N-dealkylation sites (tertiary alicyclic amines) is 1. The third kappa shape index (κ3) is 1.77. The molecule has 2 saturated heterocycles. The molecule has 0 spiro atoms. The van der Waals surface area contributed by atoms with Gasteiger partial charge in [0.25, 0.3) is 0 Å². The van der Waals surface area contributed by atoms with Crippen molar-refractivity contribution in [2.45, 2.75) is 27.2 Å². The molecule has 2 aliphatic rings. The Kier molecular flexibility index (Phi) is 2.99. The van der Waals surface area contributed by atoms with Gasteiger partial charge >= 0.3 is 0 Å². The molecule has 2 rings (SSSR count). The molecule has 1 N–H and O–H groups in total. The van der Waals surface area contributed by atoms with Crippen LogP contribution in [0, 0.1) is 23.2 Å². The molecule has 0 radical (unpaired) electrons. The van der Waals surface area contributed by atoms with Crippen molar-refractivity contribution >= 4 is 23.6 Å².